The van der Waals surface area contributed by atoms with Gasteiger partial charge >= 0.3 is 0 Å². The number of benzene rings is 1. The Hall–Kier alpha value is -4.13. The van der Waals surface area contributed by atoms with Gasteiger partial charge < -0.3 is 24.5 Å². The predicted molar refractivity (Wildman–Crippen MR) is 167 cm³/mol. The van der Waals surface area contributed by atoms with E-state index in [2.05, 4.69) is 51.6 Å². The van der Waals surface area contributed by atoms with Crippen LogP contribution >= 0.6 is 0 Å². The van der Waals surface area contributed by atoms with E-state index in [-0.39, 0.29) is 30.3 Å². The van der Waals surface area contributed by atoms with Crippen LogP contribution in [0, 0.1) is 11.3 Å². The Morgan fingerprint density at radius 1 is 1.07 bits per heavy atom. The molecule has 3 atom stereocenters. The lowest BCUT2D eigenvalue weighted by atomic mass is 9.88. The highest BCUT2D eigenvalue weighted by molar-refractivity contribution is 5.87. The number of likely N-dealkylation sites (N-methyl/N-ethyl adjacent to an activating group) is 1. The molecule has 2 amide bonds. The van der Waals surface area contributed by atoms with Crippen molar-refractivity contribution in [3.8, 4) is 6.07 Å². The number of carbonyl (C=O) groups is 2. The predicted octanol–water partition coefficient (Wildman–Crippen LogP) is 2.96. The van der Waals surface area contributed by atoms with Crippen LogP contribution in [0.2, 0.25) is 0 Å². The van der Waals surface area contributed by atoms with Crippen molar-refractivity contribution in [1.29, 1.82) is 5.26 Å². The van der Waals surface area contributed by atoms with Crippen molar-refractivity contribution >= 4 is 29.3 Å². The maximum absolute atomic E-state index is 13.2. The number of amides is 2. The molecule has 10 heteroatoms. The van der Waals surface area contributed by atoms with E-state index in [0.717, 1.165) is 69.5 Å². The molecule has 4 aliphatic rings. The fourth-order valence-corrected chi connectivity index (χ4v) is 7.46. The van der Waals surface area contributed by atoms with E-state index in [1.165, 1.54) is 22.9 Å². The molecule has 1 aromatic heterocycles. The van der Waals surface area contributed by atoms with E-state index in [1.54, 1.807) is 23.9 Å². The quantitative estimate of drug-likeness (QED) is 0.480. The Bertz CT molecular complexity index is 1430. The molecule has 0 unspecified atom stereocenters. The first-order valence-corrected chi connectivity index (χ1v) is 15.7. The van der Waals surface area contributed by atoms with Crippen molar-refractivity contribution in [3.05, 3.63) is 53.7 Å². The van der Waals surface area contributed by atoms with Crippen molar-refractivity contribution in [2.45, 2.75) is 69.5 Å². The number of nitriles is 1. The maximum atomic E-state index is 13.2. The second-order valence-electron chi connectivity index (χ2n) is 12.4. The Labute approximate surface area is 254 Å². The molecule has 0 radical (unpaired) electrons. The minimum atomic E-state index is -0.275. The van der Waals surface area contributed by atoms with Gasteiger partial charge in [0, 0.05) is 70.5 Å². The van der Waals surface area contributed by atoms with Crippen molar-refractivity contribution in [2.75, 3.05) is 61.5 Å². The maximum Gasteiger partial charge on any atom is 0.246 e. The van der Waals surface area contributed by atoms with Crippen molar-refractivity contribution in [3.63, 3.8) is 0 Å². The minimum Gasteiger partial charge on any atom is -0.368 e. The summed E-state index contributed by atoms with van der Waals surface area (Å²) in [5, 5.41) is 9.57. The summed E-state index contributed by atoms with van der Waals surface area (Å²) in [5.74, 6) is 1.45. The molecule has 6 rings (SSSR count). The Morgan fingerprint density at radius 2 is 1.88 bits per heavy atom. The van der Waals surface area contributed by atoms with E-state index in [0.29, 0.717) is 31.6 Å². The topological polar surface area (TPSA) is 99.9 Å². The third-order valence-corrected chi connectivity index (χ3v) is 9.61. The van der Waals surface area contributed by atoms with Gasteiger partial charge in [-0.25, -0.2) is 4.98 Å². The second-order valence-corrected chi connectivity index (χ2v) is 12.4. The van der Waals surface area contributed by atoms with Gasteiger partial charge in [-0.1, -0.05) is 24.8 Å². The van der Waals surface area contributed by atoms with Crippen LogP contribution < -0.4 is 14.7 Å². The highest BCUT2D eigenvalue weighted by atomic mass is 16.2. The molecule has 43 heavy (non-hydrogen) atoms. The van der Waals surface area contributed by atoms with E-state index >= 15 is 0 Å². The van der Waals surface area contributed by atoms with Gasteiger partial charge in [0.1, 0.15) is 11.9 Å². The van der Waals surface area contributed by atoms with Crippen LogP contribution in [0.3, 0.4) is 0 Å². The number of rotatable bonds is 6. The van der Waals surface area contributed by atoms with Gasteiger partial charge in [0.15, 0.2) is 0 Å². The number of carbonyl (C=O) groups excluding carboxylic acids is 2. The summed E-state index contributed by atoms with van der Waals surface area (Å²) in [4.78, 5) is 46.5. The van der Waals surface area contributed by atoms with E-state index in [1.807, 2.05) is 0 Å². The van der Waals surface area contributed by atoms with Crippen LogP contribution in [0.15, 0.2) is 36.9 Å². The fraction of sp³-hybridized carbons (Fsp3) is 0.545. The number of aromatic nitrogens is 2. The molecule has 0 bridgehead atoms. The number of anilines is 3. The molecule has 3 aliphatic heterocycles. The van der Waals surface area contributed by atoms with Gasteiger partial charge in [-0.15, -0.1) is 0 Å². The lowest BCUT2D eigenvalue weighted by Crippen LogP contribution is -2.55. The molecule has 10 nitrogen and oxygen atoms in total. The zero-order chi connectivity index (χ0) is 30.1. The summed E-state index contributed by atoms with van der Waals surface area (Å²) in [7, 11) is 3.61. The van der Waals surface area contributed by atoms with E-state index in [9.17, 15) is 14.9 Å². The first-order chi connectivity index (χ1) is 20.9. The van der Waals surface area contributed by atoms with Crippen molar-refractivity contribution in [1.82, 2.24) is 19.8 Å². The smallest absolute Gasteiger partial charge is 0.246 e. The molecule has 2 saturated heterocycles. The summed E-state index contributed by atoms with van der Waals surface area (Å²) >= 11 is 0. The minimum absolute atomic E-state index is 0.0776. The molecular formula is C33H42N8O2. The number of piperazine rings is 1. The average molecular weight is 583 g/mol. The number of fused-ring (bicyclic) bond motifs is 2. The normalized spacial score (nSPS) is 23.3. The van der Waals surface area contributed by atoms with Crippen molar-refractivity contribution < 1.29 is 9.59 Å². The SMILES string of the molecule is C=CC(=O)N1CCN(c2nc(N3CCC[C@H]3C(=O)N(C)C)nc3c2CC[C@@H](N2CCCc4ccccc42)C3)C[C@@H]1CC#N. The third kappa shape index (κ3) is 5.53. The fourth-order valence-electron chi connectivity index (χ4n) is 7.46. The van der Waals surface area contributed by atoms with Crippen LogP contribution in [0.5, 0.6) is 0 Å². The van der Waals surface area contributed by atoms with Gasteiger partial charge in [0.25, 0.3) is 0 Å². The molecule has 0 spiro atoms. The lowest BCUT2D eigenvalue weighted by molar-refractivity contribution is -0.130. The van der Waals surface area contributed by atoms with Gasteiger partial charge in [-0.05, 0) is 56.2 Å². The summed E-state index contributed by atoms with van der Waals surface area (Å²) in [6, 6.07) is 10.9. The standard InChI is InChI=1S/C33H42N8O2/c1-4-30(42)40-20-19-38(22-25(40)15-16-34)31-26-14-13-24(39-17-7-10-23-9-5-6-11-28(23)39)21-27(26)35-33(36-31)41-18-8-12-29(41)32(43)37(2)3/h4-6,9,11,24-25,29H,1,7-8,10,12-15,17-22H2,2-3H3/t24-,25+,29+/m1/s1. The highest BCUT2D eigenvalue weighted by Gasteiger charge is 2.38. The molecule has 226 valence electrons. The molecule has 2 fully saturated rings. The van der Waals surface area contributed by atoms with Gasteiger partial charge in [-0.2, -0.15) is 10.2 Å². The zero-order valence-corrected chi connectivity index (χ0v) is 25.4. The second kappa shape index (κ2) is 12.2. The van der Waals surface area contributed by atoms with Crippen LogP contribution in [-0.4, -0.2) is 96.5 Å². The zero-order valence-electron chi connectivity index (χ0n) is 25.4. The lowest BCUT2D eigenvalue weighted by Gasteiger charge is -2.43. The number of hydrogen-bond acceptors (Lipinski definition) is 8. The Kier molecular flexibility index (Phi) is 8.24. The van der Waals surface area contributed by atoms with Crippen molar-refractivity contribution in [2.24, 2.45) is 0 Å². The molecule has 2 aromatic rings. The first-order valence-electron chi connectivity index (χ1n) is 15.7. The van der Waals surface area contributed by atoms with Crippen LogP contribution in [0.4, 0.5) is 17.5 Å². The molecule has 0 saturated carbocycles. The van der Waals surface area contributed by atoms with Gasteiger partial charge in [-0.3, -0.25) is 9.59 Å². The molecular weight excluding hydrogens is 540 g/mol. The van der Waals surface area contributed by atoms with E-state index in [4.69, 9.17) is 9.97 Å². The molecule has 1 aromatic carbocycles. The Morgan fingerprint density at radius 3 is 2.67 bits per heavy atom. The monoisotopic (exact) mass is 582 g/mol. The molecule has 1 aliphatic carbocycles. The van der Waals surface area contributed by atoms with Crippen LogP contribution in [-0.2, 0) is 28.9 Å². The summed E-state index contributed by atoms with van der Waals surface area (Å²) in [5.41, 5.74) is 4.99. The highest BCUT2D eigenvalue weighted by Crippen LogP contribution is 2.37. The number of hydrogen-bond donors (Lipinski definition) is 0. The molecule has 4 heterocycles. The largest absolute Gasteiger partial charge is 0.368 e. The van der Waals surface area contributed by atoms with Crippen LogP contribution in [0.1, 0.15) is 48.9 Å². The van der Waals surface area contributed by atoms with Gasteiger partial charge in [0.2, 0.25) is 17.8 Å². The van der Waals surface area contributed by atoms with Crippen LogP contribution in [0.25, 0.3) is 0 Å². The number of aryl methyl sites for hydroxylation is 1. The number of para-hydroxylation sites is 1. The Balaban J connectivity index is 1.37. The third-order valence-electron chi connectivity index (χ3n) is 9.61. The van der Waals surface area contributed by atoms with Gasteiger partial charge in [0.05, 0.1) is 24.2 Å². The number of nitrogens with zero attached hydrogens (tertiary/aromatic N) is 8. The first kappa shape index (κ1) is 29.0. The summed E-state index contributed by atoms with van der Waals surface area (Å²) in [6.45, 7) is 7.10. The summed E-state index contributed by atoms with van der Waals surface area (Å²) in [6.07, 6.45) is 8.25. The summed E-state index contributed by atoms with van der Waals surface area (Å²) < 4.78 is 0. The van der Waals surface area contributed by atoms with E-state index < -0.39 is 0 Å². The molecule has 0 N–H and O–H groups in total. The average Bonchev–Trinajstić information content (AvgIpc) is 3.53.